The fourth-order valence-electron chi connectivity index (χ4n) is 1.31. The number of rotatable bonds is 1. The Morgan fingerprint density at radius 3 is 2.54 bits per heavy atom. The zero-order valence-corrected chi connectivity index (χ0v) is 7.36. The molecule has 1 heterocycles. The monoisotopic (exact) mass is 174 g/mol. The number of carbonyl (C=O) groups is 1. The van der Waals surface area contributed by atoms with Crippen LogP contribution in [0.4, 0.5) is 0 Å². The van der Waals surface area contributed by atoms with Crippen LogP contribution in [0, 0.1) is 0 Å². The molecule has 2 heteroatoms. The minimum absolute atomic E-state index is 0.0484. The third kappa shape index (κ3) is 1.47. The van der Waals surface area contributed by atoms with Gasteiger partial charge in [-0.1, -0.05) is 30.3 Å². The SMILES string of the molecule is CC1OC(=O)/C1=C\c1ccccc1. The molecule has 1 aliphatic heterocycles. The van der Waals surface area contributed by atoms with Gasteiger partial charge in [0, 0.05) is 0 Å². The molecule has 66 valence electrons. The minimum Gasteiger partial charge on any atom is -0.454 e. The highest BCUT2D eigenvalue weighted by Gasteiger charge is 2.31. The van der Waals surface area contributed by atoms with Crippen molar-refractivity contribution in [2.45, 2.75) is 13.0 Å². The normalized spacial score (nSPS) is 23.9. The van der Waals surface area contributed by atoms with E-state index in [1.165, 1.54) is 0 Å². The van der Waals surface area contributed by atoms with Gasteiger partial charge in [0.15, 0.2) is 0 Å². The van der Waals surface area contributed by atoms with E-state index in [2.05, 4.69) is 0 Å². The first kappa shape index (κ1) is 8.05. The van der Waals surface area contributed by atoms with Crippen LogP contribution in [0.15, 0.2) is 35.9 Å². The highest BCUT2D eigenvalue weighted by Crippen LogP contribution is 2.23. The van der Waals surface area contributed by atoms with Crippen molar-refractivity contribution in [3.8, 4) is 0 Å². The zero-order valence-electron chi connectivity index (χ0n) is 7.36. The van der Waals surface area contributed by atoms with Gasteiger partial charge in [-0.05, 0) is 18.6 Å². The van der Waals surface area contributed by atoms with Crippen molar-refractivity contribution in [2.24, 2.45) is 0 Å². The molecule has 0 aliphatic carbocycles. The summed E-state index contributed by atoms with van der Waals surface area (Å²) in [4.78, 5) is 11.0. The number of ether oxygens (including phenoxy) is 1. The van der Waals surface area contributed by atoms with Gasteiger partial charge in [0.1, 0.15) is 6.10 Å². The number of esters is 1. The van der Waals surface area contributed by atoms with E-state index in [9.17, 15) is 4.79 Å². The standard InChI is InChI=1S/C11H10O2/c1-8-10(11(12)13-8)7-9-5-3-2-4-6-9/h2-8H,1H3/b10-7-. The molecule has 0 aromatic heterocycles. The maximum absolute atomic E-state index is 11.0. The highest BCUT2D eigenvalue weighted by atomic mass is 16.6. The van der Waals surface area contributed by atoms with E-state index in [0.29, 0.717) is 0 Å². The summed E-state index contributed by atoms with van der Waals surface area (Å²) in [7, 11) is 0. The number of hydrogen-bond acceptors (Lipinski definition) is 2. The second-order valence-corrected chi connectivity index (χ2v) is 3.06. The largest absolute Gasteiger partial charge is 0.454 e. The molecule has 0 radical (unpaired) electrons. The second-order valence-electron chi connectivity index (χ2n) is 3.06. The summed E-state index contributed by atoms with van der Waals surface area (Å²) in [6, 6.07) is 9.77. The lowest BCUT2D eigenvalue weighted by atomic mass is 10.0. The molecule has 1 saturated heterocycles. The summed E-state index contributed by atoms with van der Waals surface area (Å²) in [5.74, 6) is -0.198. The van der Waals surface area contributed by atoms with Crippen molar-refractivity contribution in [2.75, 3.05) is 0 Å². The summed E-state index contributed by atoms with van der Waals surface area (Å²) in [5.41, 5.74) is 1.80. The van der Waals surface area contributed by atoms with Crippen molar-refractivity contribution in [1.29, 1.82) is 0 Å². The van der Waals surface area contributed by atoms with Gasteiger partial charge in [0.2, 0.25) is 0 Å². The molecule has 1 aliphatic rings. The average Bonchev–Trinajstić information content (AvgIpc) is 2.16. The van der Waals surface area contributed by atoms with Gasteiger partial charge in [0.25, 0.3) is 0 Å². The number of carbonyl (C=O) groups excluding carboxylic acids is 1. The average molecular weight is 174 g/mol. The molecule has 0 saturated carbocycles. The molecular formula is C11H10O2. The molecule has 0 spiro atoms. The fourth-order valence-corrected chi connectivity index (χ4v) is 1.31. The lowest BCUT2D eigenvalue weighted by Gasteiger charge is -2.25. The van der Waals surface area contributed by atoms with Gasteiger partial charge in [0.05, 0.1) is 5.57 Å². The molecule has 0 bridgehead atoms. The van der Waals surface area contributed by atoms with Crippen molar-refractivity contribution >= 4 is 12.0 Å². The van der Waals surface area contributed by atoms with E-state index in [1.807, 2.05) is 43.3 Å². The molecule has 13 heavy (non-hydrogen) atoms. The van der Waals surface area contributed by atoms with E-state index in [1.54, 1.807) is 0 Å². The number of cyclic esters (lactones) is 1. The van der Waals surface area contributed by atoms with Crippen LogP contribution in [0.2, 0.25) is 0 Å². The third-order valence-electron chi connectivity index (χ3n) is 2.08. The predicted octanol–water partition coefficient (Wildman–Crippen LogP) is 2.02. The van der Waals surface area contributed by atoms with E-state index in [-0.39, 0.29) is 12.1 Å². The Morgan fingerprint density at radius 1 is 1.31 bits per heavy atom. The number of benzene rings is 1. The lowest BCUT2D eigenvalue weighted by molar-refractivity contribution is -0.154. The van der Waals surface area contributed by atoms with Crippen LogP contribution in [0.25, 0.3) is 6.08 Å². The van der Waals surface area contributed by atoms with Crippen molar-refractivity contribution in [3.05, 3.63) is 41.5 Å². The van der Waals surface area contributed by atoms with E-state index in [4.69, 9.17) is 4.74 Å². The van der Waals surface area contributed by atoms with Crippen LogP contribution in [-0.4, -0.2) is 12.1 Å². The van der Waals surface area contributed by atoms with Crippen LogP contribution in [0.5, 0.6) is 0 Å². The fraction of sp³-hybridized carbons (Fsp3) is 0.182. The molecule has 0 N–H and O–H groups in total. The summed E-state index contributed by atoms with van der Waals surface area (Å²) in [5, 5.41) is 0. The van der Waals surface area contributed by atoms with Crippen LogP contribution < -0.4 is 0 Å². The predicted molar refractivity (Wildman–Crippen MR) is 50.0 cm³/mol. The molecule has 1 atom stereocenters. The van der Waals surface area contributed by atoms with Gasteiger partial charge in [-0.15, -0.1) is 0 Å². The lowest BCUT2D eigenvalue weighted by Crippen LogP contribution is -2.33. The summed E-state index contributed by atoms with van der Waals surface area (Å²) in [6.45, 7) is 1.87. The first-order chi connectivity index (χ1) is 6.27. The smallest absolute Gasteiger partial charge is 0.338 e. The second kappa shape index (κ2) is 3.05. The first-order valence-electron chi connectivity index (χ1n) is 4.25. The van der Waals surface area contributed by atoms with Gasteiger partial charge in [-0.3, -0.25) is 0 Å². The van der Waals surface area contributed by atoms with Crippen LogP contribution >= 0.6 is 0 Å². The van der Waals surface area contributed by atoms with Crippen molar-refractivity contribution in [1.82, 2.24) is 0 Å². The van der Waals surface area contributed by atoms with Crippen molar-refractivity contribution in [3.63, 3.8) is 0 Å². The summed E-state index contributed by atoms with van der Waals surface area (Å²) in [6.07, 6.45) is 1.82. The Balaban J connectivity index is 2.26. The van der Waals surface area contributed by atoms with E-state index in [0.717, 1.165) is 11.1 Å². The Hall–Kier alpha value is -1.57. The van der Waals surface area contributed by atoms with Crippen molar-refractivity contribution < 1.29 is 9.53 Å². The molecule has 1 fully saturated rings. The molecule has 1 aromatic carbocycles. The van der Waals surface area contributed by atoms with Crippen LogP contribution in [0.1, 0.15) is 12.5 Å². The van der Waals surface area contributed by atoms with Gasteiger partial charge in [-0.2, -0.15) is 0 Å². The third-order valence-corrected chi connectivity index (χ3v) is 2.08. The summed E-state index contributed by atoms with van der Waals surface area (Å²) >= 11 is 0. The van der Waals surface area contributed by atoms with Crippen LogP contribution in [0.3, 0.4) is 0 Å². The molecule has 1 unspecified atom stereocenters. The zero-order chi connectivity index (χ0) is 9.26. The molecule has 1 aromatic rings. The van der Waals surface area contributed by atoms with E-state index >= 15 is 0 Å². The summed E-state index contributed by atoms with van der Waals surface area (Å²) < 4.78 is 4.82. The Labute approximate surface area is 76.8 Å². The topological polar surface area (TPSA) is 26.3 Å². The highest BCUT2D eigenvalue weighted by molar-refractivity contribution is 5.99. The van der Waals surface area contributed by atoms with Gasteiger partial charge in [-0.25, -0.2) is 4.79 Å². The Bertz CT molecular complexity index is 352. The first-order valence-corrected chi connectivity index (χ1v) is 4.25. The molecule has 2 nitrogen and oxygen atoms in total. The molecule has 2 rings (SSSR count). The molecule has 0 amide bonds. The van der Waals surface area contributed by atoms with Crippen LogP contribution in [-0.2, 0) is 9.53 Å². The maximum atomic E-state index is 11.0. The van der Waals surface area contributed by atoms with Gasteiger partial charge < -0.3 is 4.74 Å². The Kier molecular flexibility index (Phi) is 1.89. The number of hydrogen-bond donors (Lipinski definition) is 0. The Morgan fingerprint density at radius 2 is 2.00 bits per heavy atom. The van der Waals surface area contributed by atoms with E-state index < -0.39 is 0 Å². The van der Waals surface area contributed by atoms with Gasteiger partial charge >= 0.3 is 5.97 Å². The minimum atomic E-state index is -0.198. The maximum Gasteiger partial charge on any atom is 0.338 e. The molecular weight excluding hydrogens is 164 g/mol. The quantitative estimate of drug-likeness (QED) is 0.481.